The van der Waals surface area contributed by atoms with Crippen molar-refractivity contribution in [2.45, 2.75) is 45.1 Å². The molecule has 2 atom stereocenters. The SMILES string of the molecule is CC1(Cc2ccccc2)CCCCC1N. The van der Waals surface area contributed by atoms with Crippen molar-refractivity contribution in [3.8, 4) is 0 Å². The molecular weight excluding hydrogens is 182 g/mol. The van der Waals surface area contributed by atoms with Gasteiger partial charge in [-0.3, -0.25) is 0 Å². The largest absolute Gasteiger partial charge is 0.327 e. The first kappa shape index (κ1) is 10.7. The fourth-order valence-corrected chi connectivity index (χ4v) is 2.71. The van der Waals surface area contributed by atoms with Gasteiger partial charge in [-0.2, -0.15) is 0 Å². The standard InChI is InChI=1S/C14H21N/c1-14(10-6-5-9-13(14)15)11-12-7-3-2-4-8-12/h2-4,7-8,13H,5-6,9-11,15H2,1H3. The van der Waals surface area contributed by atoms with Crippen LogP contribution in [0.5, 0.6) is 0 Å². The zero-order valence-corrected chi connectivity index (χ0v) is 9.58. The van der Waals surface area contributed by atoms with E-state index in [0.29, 0.717) is 11.5 Å². The van der Waals surface area contributed by atoms with E-state index in [1.807, 2.05) is 0 Å². The second-order valence-electron chi connectivity index (χ2n) is 5.17. The van der Waals surface area contributed by atoms with Gasteiger partial charge >= 0.3 is 0 Å². The highest BCUT2D eigenvalue weighted by Gasteiger charge is 2.33. The van der Waals surface area contributed by atoms with E-state index in [1.54, 1.807) is 0 Å². The van der Waals surface area contributed by atoms with Crippen LogP contribution >= 0.6 is 0 Å². The lowest BCUT2D eigenvalue weighted by Crippen LogP contribution is -2.43. The van der Waals surface area contributed by atoms with Crippen LogP contribution in [0.15, 0.2) is 30.3 Å². The maximum atomic E-state index is 6.26. The molecular formula is C14H21N. The van der Waals surface area contributed by atoms with Crippen molar-refractivity contribution in [1.82, 2.24) is 0 Å². The summed E-state index contributed by atoms with van der Waals surface area (Å²) < 4.78 is 0. The van der Waals surface area contributed by atoms with Crippen molar-refractivity contribution in [3.63, 3.8) is 0 Å². The minimum absolute atomic E-state index is 0.319. The summed E-state index contributed by atoms with van der Waals surface area (Å²) in [6.45, 7) is 2.35. The molecule has 1 aliphatic carbocycles. The van der Waals surface area contributed by atoms with Gasteiger partial charge in [0.25, 0.3) is 0 Å². The number of hydrogen-bond donors (Lipinski definition) is 1. The smallest absolute Gasteiger partial charge is 0.00961 e. The Morgan fingerprint density at radius 2 is 2.00 bits per heavy atom. The third kappa shape index (κ3) is 2.40. The van der Waals surface area contributed by atoms with Crippen molar-refractivity contribution in [3.05, 3.63) is 35.9 Å². The third-order valence-corrected chi connectivity index (χ3v) is 3.86. The van der Waals surface area contributed by atoms with Crippen LogP contribution in [-0.2, 0) is 6.42 Å². The van der Waals surface area contributed by atoms with Crippen LogP contribution in [0.4, 0.5) is 0 Å². The average molecular weight is 203 g/mol. The van der Waals surface area contributed by atoms with Crippen molar-refractivity contribution in [1.29, 1.82) is 0 Å². The molecule has 1 aromatic rings. The van der Waals surface area contributed by atoms with Crippen molar-refractivity contribution in [2.75, 3.05) is 0 Å². The highest BCUT2D eigenvalue weighted by molar-refractivity contribution is 5.17. The molecule has 1 heteroatoms. The van der Waals surface area contributed by atoms with E-state index >= 15 is 0 Å². The van der Waals surface area contributed by atoms with Gasteiger partial charge < -0.3 is 5.73 Å². The number of hydrogen-bond acceptors (Lipinski definition) is 1. The van der Waals surface area contributed by atoms with Gasteiger partial charge in [0.05, 0.1) is 0 Å². The molecule has 1 aromatic carbocycles. The van der Waals surface area contributed by atoms with Gasteiger partial charge in [-0.15, -0.1) is 0 Å². The maximum absolute atomic E-state index is 6.26. The van der Waals surface area contributed by atoms with Gasteiger partial charge in [-0.25, -0.2) is 0 Å². The summed E-state index contributed by atoms with van der Waals surface area (Å²) >= 11 is 0. The molecule has 1 saturated carbocycles. The fourth-order valence-electron chi connectivity index (χ4n) is 2.71. The Morgan fingerprint density at radius 1 is 1.27 bits per heavy atom. The monoisotopic (exact) mass is 203 g/mol. The van der Waals surface area contributed by atoms with E-state index < -0.39 is 0 Å². The molecule has 15 heavy (non-hydrogen) atoms. The maximum Gasteiger partial charge on any atom is 0.00961 e. The summed E-state index contributed by atoms with van der Waals surface area (Å²) in [6, 6.07) is 11.1. The summed E-state index contributed by atoms with van der Waals surface area (Å²) in [6.07, 6.45) is 6.27. The number of rotatable bonds is 2. The number of nitrogens with two attached hydrogens (primary N) is 1. The predicted molar refractivity (Wildman–Crippen MR) is 64.7 cm³/mol. The molecule has 1 fully saturated rings. The van der Waals surface area contributed by atoms with Crippen molar-refractivity contribution >= 4 is 0 Å². The topological polar surface area (TPSA) is 26.0 Å². The van der Waals surface area contributed by atoms with Crippen LogP contribution in [0.25, 0.3) is 0 Å². The Hall–Kier alpha value is -0.820. The van der Waals surface area contributed by atoms with E-state index in [2.05, 4.69) is 37.3 Å². The summed E-state index contributed by atoms with van der Waals surface area (Å²) in [5, 5.41) is 0. The van der Waals surface area contributed by atoms with Gasteiger partial charge in [0.1, 0.15) is 0 Å². The predicted octanol–water partition coefficient (Wildman–Crippen LogP) is 3.14. The zero-order valence-electron chi connectivity index (χ0n) is 9.58. The van der Waals surface area contributed by atoms with Gasteiger partial charge in [0, 0.05) is 6.04 Å². The molecule has 0 amide bonds. The molecule has 1 aliphatic rings. The van der Waals surface area contributed by atoms with Crippen LogP contribution in [0.3, 0.4) is 0 Å². The first-order valence-corrected chi connectivity index (χ1v) is 6.00. The van der Waals surface area contributed by atoms with Crippen LogP contribution in [-0.4, -0.2) is 6.04 Å². The fraction of sp³-hybridized carbons (Fsp3) is 0.571. The Balaban J connectivity index is 2.09. The Kier molecular flexibility index (Phi) is 3.11. The normalized spacial score (nSPS) is 31.5. The number of benzene rings is 1. The Bertz CT molecular complexity index is 306. The lowest BCUT2D eigenvalue weighted by molar-refractivity contribution is 0.176. The quantitative estimate of drug-likeness (QED) is 0.785. The van der Waals surface area contributed by atoms with E-state index in [9.17, 15) is 0 Å². The molecule has 0 heterocycles. The van der Waals surface area contributed by atoms with Crippen LogP contribution in [0, 0.1) is 5.41 Å². The third-order valence-electron chi connectivity index (χ3n) is 3.86. The van der Waals surface area contributed by atoms with E-state index in [1.165, 1.54) is 31.2 Å². The molecule has 0 bridgehead atoms. The first-order valence-electron chi connectivity index (χ1n) is 6.00. The van der Waals surface area contributed by atoms with Crippen molar-refractivity contribution in [2.24, 2.45) is 11.1 Å². The van der Waals surface area contributed by atoms with Gasteiger partial charge in [0.2, 0.25) is 0 Å². The Morgan fingerprint density at radius 3 is 2.67 bits per heavy atom. The lowest BCUT2D eigenvalue weighted by atomic mass is 9.69. The van der Waals surface area contributed by atoms with Gasteiger partial charge in [0.15, 0.2) is 0 Å². The second-order valence-corrected chi connectivity index (χ2v) is 5.17. The molecule has 0 spiro atoms. The molecule has 0 radical (unpaired) electrons. The van der Waals surface area contributed by atoms with Crippen LogP contribution in [0.1, 0.15) is 38.2 Å². The Labute approximate surface area is 92.7 Å². The van der Waals surface area contributed by atoms with Gasteiger partial charge in [-0.05, 0) is 30.2 Å². The molecule has 2 N–H and O–H groups in total. The molecule has 0 saturated heterocycles. The summed E-state index contributed by atoms with van der Waals surface area (Å²) in [5.74, 6) is 0. The minimum atomic E-state index is 0.319. The highest BCUT2D eigenvalue weighted by Crippen LogP contribution is 2.37. The lowest BCUT2D eigenvalue weighted by Gasteiger charge is -2.39. The van der Waals surface area contributed by atoms with Crippen LogP contribution < -0.4 is 5.73 Å². The molecule has 0 aromatic heterocycles. The molecule has 1 nitrogen and oxygen atoms in total. The molecule has 0 aliphatic heterocycles. The molecule has 2 unspecified atom stereocenters. The summed E-state index contributed by atoms with van der Waals surface area (Å²) in [7, 11) is 0. The van der Waals surface area contributed by atoms with Gasteiger partial charge in [-0.1, -0.05) is 50.1 Å². The first-order chi connectivity index (χ1) is 7.21. The van der Waals surface area contributed by atoms with E-state index in [0.717, 1.165) is 6.42 Å². The molecule has 82 valence electrons. The average Bonchev–Trinajstić information content (AvgIpc) is 2.24. The van der Waals surface area contributed by atoms with Crippen LogP contribution in [0.2, 0.25) is 0 Å². The second kappa shape index (κ2) is 4.36. The highest BCUT2D eigenvalue weighted by atomic mass is 14.7. The van der Waals surface area contributed by atoms with E-state index in [4.69, 9.17) is 5.73 Å². The van der Waals surface area contributed by atoms with Crippen molar-refractivity contribution < 1.29 is 0 Å². The summed E-state index contributed by atoms with van der Waals surface area (Å²) in [5.41, 5.74) is 8.01. The minimum Gasteiger partial charge on any atom is -0.327 e. The van der Waals surface area contributed by atoms with E-state index in [-0.39, 0.29) is 0 Å². The zero-order chi connectivity index (χ0) is 10.7. The summed E-state index contributed by atoms with van der Waals surface area (Å²) in [4.78, 5) is 0. The molecule has 2 rings (SSSR count).